The van der Waals surface area contributed by atoms with Crippen molar-refractivity contribution in [2.24, 2.45) is 0 Å². The number of rotatable bonds is 6. The van der Waals surface area contributed by atoms with Crippen molar-refractivity contribution >= 4 is 40.6 Å². The molecule has 140 valence electrons. The van der Waals surface area contributed by atoms with E-state index in [9.17, 15) is 10.1 Å². The van der Waals surface area contributed by atoms with E-state index in [1.54, 1.807) is 49.4 Å². The second-order valence-electron chi connectivity index (χ2n) is 5.67. The van der Waals surface area contributed by atoms with E-state index in [4.69, 9.17) is 28.6 Å². The van der Waals surface area contributed by atoms with Gasteiger partial charge in [0.05, 0.1) is 11.1 Å². The Morgan fingerprint density at radius 3 is 2.59 bits per heavy atom. The SMILES string of the molecule is CCC(=S)Nc1cccc(OC(=O)N(CC)C(C#N)c2ccc(Cl)cc2)c1. The van der Waals surface area contributed by atoms with E-state index < -0.39 is 12.1 Å². The van der Waals surface area contributed by atoms with Gasteiger partial charge >= 0.3 is 6.09 Å². The summed E-state index contributed by atoms with van der Waals surface area (Å²) in [5.41, 5.74) is 1.41. The first-order valence-electron chi connectivity index (χ1n) is 8.51. The van der Waals surface area contributed by atoms with E-state index in [2.05, 4.69) is 11.4 Å². The highest BCUT2D eigenvalue weighted by Crippen LogP contribution is 2.24. The molecule has 0 spiro atoms. The molecule has 0 bridgehead atoms. The topological polar surface area (TPSA) is 65.4 Å². The van der Waals surface area contributed by atoms with Crippen LogP contribution in [-0.2, 0) is 0 Å². The van der Waals surface area contributed by atoms with Crippen LogP contribution in [0.4, 0.5) is 10.5 Å². The lowest BCUT2D eigenvalue weighted by Gasteiger charge is -2.25. The third kappa shape index (κ3) is 5.68. The molecule has 0 heterocycles. The molecule has 27 heavy (non-hydrogen) atoms. The van der Waals surface area contributed by atoms with Gasteiger partial charge in [-0.15, -0.1) is 0 Å². The largest absolute Gasteiger partial charge is 0.416 e. The van der Waals surface area contributed by atoms with Crippen molar-refractivity contribution in [3.8, 4) is 11.8 Å². The summed E-state index contributed by atoms with van der Waals surface area (Å²) in [7, 11) is 0. The van der Waals surface area contributed by atoms with Crippen molar-refractivity contribution in [3.05, 3.63) is 59.1 Å². The minimum atomic E-state index is -0.770. The van der Waals surface area contributed by atoms with Crippen LogP contribution in [0.5, 0.6) is 5.75 Å². The number of nitrogens with one attached hydrogen (secondary N) is 1. The Morgan fingerprint density at radius 1 is 1.30 bits per heavy atom. The first kappa shape index (κ1) is 20.7. The minimum Gasteiger partial charge on any atom is -0.410 e. The second-order valence-corrected chi connectivity index (χ2v) is 6.60. The summed E-state index contributed by atoms with van der Waals surface area (Å²) in [5.74, 6) is 0.371. The first-order valence-corrected chi connectivity index (χ1v) is 9.30. The predicted molar refractivity (Wildman–Crippen MR) is 111 cm³/mol. The van der Waals surface area contributed by atoms with Crippen molar-refractivity contribution in [2.45, 2.75) is 26.3 Å². The van der Waals surface area contributed by atoms with E-state index in [1.165, 1.54) is 4.90 Å². The first-order chi connectivity index (χ1) is 13.0. The van der Waals surface area contributed by atoms with Crippen molar-refractivity contribution in [2.75, 3.05) is 11.9 Å². The van der Waals surface area contributed by atoms with Crippen LogP contribution in [0.15, 0.2) is 48.5 Å². The highest BCUT2D eigenvalue weighted by molar-refractivity contribution is 7.80. The number of carbonyl (C=O) groups is 1. The zero-order valence-electron chi connectivity index (χ0n) is 15.1. The molecule has 1 unspecified atom stereocenters. The lowest BCUT2D eigenvalue weighted by Crippen LogP contribution is -2.36. The molecule has 2 aromatic carbocycles. The van der Waals surface area contributed by atoms with Gasteiger partial charge in [-0.05, 0) is 43.2 Å². The predicted octanol–water partition coefficient (Wildman–Crippen LogP) is 5.57. The molecule has 0 aliphatic rings. The van der Waals surface area contributed by atoms with Gasteiger partial charge in [-0.1, -0.05) is 48.9 Å². The van der Waals surface area contributed by atoms with Gasteiger partial charge in [0.2, 0.25) is 0 Å². The fraction of sp³-hybridized carbons (Fsp3) is 0.250. The van der Waals surface area contributed by atoms with Gasteiger partial charge in [-0.2, -0.15) is 5.26 Å². The standard InChI is InChI=1S/C20H20ClN3O2S/c1-3-19(27)23-16-6-5-7-17(12-16)26-20(25)24(4-2)18(13-22)14-8-10-15(21)11-9-14/h5-12,18H,3-4H2,1-2H3,(H,23,27). The number of nitriles is 1. The molecule has 0 aliphatic carbocycles. The highest BCUT2D eigenvalue weighted by atomic mass is 35.5. The highest BCUT2D eigenvalue weighted by Gasteiger charge is 2.25. The van der Waals surface area contributed by atoms with Crippen LogP contribution in [0.25, 0.3) is 0 Å². The molecular weight excluding hydrogens is 382 g/mol. The monoisotopic (exact) mass is 401 g/mol. The normalized spacial score (nSPS) is 11.2. The van der Waals surface area contributed by atoms with Gasteiger partial charge in [-0.25, -0.2) is 4.79 Å². The van der Waals surface area contributed by atoms with Gasteiger partial charge in [0.25, 0.3) is 0 Å². The average molecular weight is 402 g/mol. The number of benzene rings is 2. The molecule has 0 aromatic heterocycles. The fourth-order valence-corrected chi connectivity index (χ4v) is 2.68. The van der Waals surface area contributed by atoms with Crippen LogP contribution >= 0.6 is 23.8 Å². The zero-order valence-corrected chi connectivity index (χ0v) is 16.7. The van der Waals surface area contributed by atoms with Crippen LogP contribution < -0.4 is 10.1 Å². The second kappa shape index (κ2) is 9.91. The lowest BCUT2D eigenvalue weighted by molar-refractivity contribution is 0.145. The molecule has 0 aliphatic heterocycles. The number of thiocarbonyl (C=S) groups is 1. The van der Waals surface area contributed by atoms with Gasteiger partial charge in [0.1, 0.15) is 11.8 Å². The van der Waals surface area contributed by atoms with Crippen LogP contribution in [0.2, 0.25) is 5.02 Å². The third-order valence-corrected chi connectivity index (χ3v) is 4.48. The van der Waals surface area contributed by atoms with Gasteiger partial charge in [0.15, 0.2) is 0 Å². The van der Waals surface area contributed by atoms with E-state index >= 15 is 0 Å². The van der Waals surface area contributed by atoms with E-state index in [1.807, 2.05) is 13.0 Å². The van der Waals surface area contributed by atoms with Crippen molar-refractivity contribution in [1.82, 2.24) is 4.90 Å². The molecule has 1 N–H and O–H groups in total. The summed E-state index contributed by atoms with van der Waals surface area (Å²) < 4.78 is 5.48. The Balaban J connectivity index is 2.16. The number of hydrogen-bond donors (Lipinski definition) is 1. The molecule has 2 rings (SSSR count). The van der Waals surface area contributed by atoms with Gasteiger partial charge < -0.3 is 10.1 Å². The molecule has 5 nitrogen and oxygen atoms in total. The minimum absolute atomic E-state index is 0.317. The number of anilines is 1. The third-order valence-electron chi connectivity index (χ3n) is 3.84. The Bertz CT molecular complexity index is 849. The molecule has 2 aromatic rings. The molecule has 0 fully saturated rings. The Labute approximate surface area is 169 Å². The van der Waals surface area contributed by atoms with Crippen LogP contribution in [0.1, 0.15) is 31.9 Å². The molecule has 1 amide bonds. The van der Waals surface area contributed by atoms with Crippen molar-refractivity contribution in [1.29, 1.82) is 5.26 Å². The summed E-state index contributed by atoms with van der Waals surface area (Å²) in [5, 5.41) is 13.2. The number of carbonyl (C=O) groups excluding carboxylic acids is 1. The molecular formula is C20H20ClN3O2S. The maximum absolute atomic E-state index is 12.7. The Hall–Kier alpha value is -2.62. The molecule has 0 radical (unpaired) electrons. The maximum atomic E-state index is 12.7. The average Bonchev–Trinajstić information content (AvgIpc) is 2.67. The summed E-state index contributed by atoms with van der Waals surface area (Å²) in [6, 6.07) is 15.2. The maximum Gasteiger partial charge on any atom is 0.416 e. The van der Waals surface area contributed by atoms with E-state index in [0.717, 1.165) is 5.69 Å². The van der Waals surface area contributed by atoms with E-state index in [-0.39, 0.29) is 0 Å². The lowest BCUT2D eigenvalue weighted by atomic mass is 10.1. The number of nitrogens with zero attached hydrogens (tertiary/aromatic N) is 2. The number of ether oxygens (including phenoxy) is 1. The Kier molecular flexibility index (Phi) is 7.59. The summed E-state index contributed by atoms with van der Waals surface area (Å²) in [4.78, 5) is 14.7. The summed E-state index contributed by atoms with van der Waals surface area (Å²) in [6.45, 7) is 4.06. The van der Waals surface area contributed by atoms with Crippen molar-refractivity contribution in [3.63, 3.8) is 0 Å². The molecule has 7 heteroatoms. The summed E-state index contributed by atoms with van der Waals surface area (Å²) in [6.07, 6.45) is 0.114. The number of hydrogen-bond acceptors (Lipinski definition) is 4. The van der Waals surface area contributed by atoms with Gasteiger partial charge in [-0.3, -0.25) is 4.90 Å². The molecule has 0 saturated heterocycles. The molecule has 0 saturated carbocycles. The Morgan fingerprint density at radius 2 is 2.00 bits per heavy atom. The van der Waals surface area contributed by atoms with Crippen LogP contribution in [0, 0.1) is 11.3 Å². The fourth-order valence-electron chi connectivity index (χ4n) is 2.43. The number of amides is 1. The smallest absolute Gasteiger partial charge is 0.410 e. The van der Waals surface area contributed by atoms with Crippen LogP contribution in [0.3, 0.4) is 0 Å². The van der Waals surface area contributed by atoms with E-state index in [0.29, 0.717) is 34.3 Å². The number of halogens is 1. The van der Waals surface area contributed by atoms with Crippen LogP contribution in [-0.4, -0.2) is 22.5 Å². The summed E-state index contributed by atoms with van der Waals surface area (Å²) >= 11 is 11.1. The van der Waals surface area contributed by atoms with Crippen molar-refractivity contribution < 1.29 is 9.53 Å². The molecule has 1 atom stereocenters. The zero-order chi connectivity index (χ0) is 19.8. The quantitative estimate of drug-likeness (QED) is 0.640. The van der Waals surface area contributed by atoms with Gasteiger partial charge in [0, 0.05) is 23.3 Å².